The molecule has 1 unspecified atom stereocenters. The second kappa shape index (κ2) is 10.1. The summed E-state index contributed by atoms with van der Waals surface area (Å²) in [6.07, 6.45) is 2.86. The number of pyridine rings is 2. The molecule has 0 aliphatic heterocycles. The maximum absolute atomic E-state index is 9.85. The lowest BCUT2D eigenvalue weighted by atomic mass is 9.97. The molecule has 8 heteroatoms. The van der Waals surface area contributed by atoms with Gasteiger partial charge in [0.2, 0.25) is 0 Å². The molecule has 30 heavy (non-hydrogen) atoms. The van der Waals surface area contributed by atoms with Gasteiger partial charge in [-0.1, -0.05) is 29.8 Å². The number of ether oxygens (including phenoxy) is 1. The molecule has 0 aliphatic rings. The highest BCUT2D eigenvalue weighted by Crippen LogP contribution is 2.37. The first-order valence-electron chi connectivity index (χ1n) is 9.00. The molecule has 1 aromatic carbocycles. The third kappa shape index (κ3) is 5.08. The highest BCUT2D eigenvalue weighted by atomic mass is 35.5. The second-order valence-corrected chi connectivity index (χ2v) is 7.71. The van der Waals surface area contributed by atoms with Crippen molar-refractivity contribution in [3.05, 3.63) is 70.6 Å². The van der Waals surface area contributed by atoms with Crippen LogP contribution in [0.1, 0.15) is 23.6 Å². The van der Waals surface area contributed by atoms with Crippen molar-refractivity contribution in [2.24, 2.45) is 0 Å². The Bertz CT molecular complexity index is 1110. The fourth-order valence-corrected chi connectivity index (χ4v) is 3.90. The van der Waals surface area contributed by atoms with Gasteiger partial charge in [-0.2, -0.15) is 10.5 Å². The van der Waals surface area contributed by atoms with Crippen molar-refractivity contribution in [2.75, 3.05) is 6.61 Å². The fourth-order valence-electron chi connectivity index (χ4n) is 2.70. The molecule has 150 valence electrons. The molecular weight excluding hydrogens is 420 g/mol. The van der Waals surface area contributed by atoms with Gasteiger partial charge < -0.3 is 9.84 Å². The lowest BCUT2D eigenvalue weighted by Gasteiger charge is -2.13. The molecule has 0 amide bonds. The van der Waals surface area contributed by atoms with Gasteiger partial charge in [-0.05, 0) is 36.2 Å². The summed E-state index contributed by atoms with van der Waals surface area (Å²) < 4.78 is 5.48. The minimum absolute atomic E-state index is 0.0506. The molecular formula is C22H17ClN4O2S. The van der Waals surface area contributed by atoms with Crippen LogP contribution in [0.3, 0.4) is 0 Å². The van der Waals surface area contributed by atoms with Gasteiger partial charge in [-0.15, -0.1) is 11.8 Å². The van der Waals surface area contributed by atoms with Gasteiger partial charge in [0.15, 0.2) is 0 Å². The van der Waals surface area contributed by atoms with Crippen LogP contribution in [0.25, 0.3) is 11.1 Å². The van der Waals surface area contributed by atoms with Crippen molar-refractivity contribution in [2.45, 2.75) is 23.8 Å². The highest BCUT2D eigenvalue weighted by Gasteiger charge is 2.21. The molecule has 0 saturated heterocycles. The summed E-state index contributed by atoms with van der Waals surface area (Å²) in [6.45, 7) is 1.80. The summed E-state index contributed by atoms with van der Waals surface area (Å²) in [5.41, 5.74) is 2.52. The molecule has 0 saturated carbocycles. The third-order valence-electron chi connectivity index (χ3n) is 4.08. The molecule has 2 heterocycles. The van der Waals surface area contributed by atoms with Gasteiger partial charge in [-0.3, -0.25) is 4.98 Å². The molecule has 6 nitrogen and oxygen atoms in total. The average molecular weight is 437 g/mol. The first-order valence-corrected chi connectivity index (χ1v) is 10.4. The van der Waals surface area contributed by atoms with Crippen LogP contribution in [0.15, 0.2) is 53.8 Å². The molecule has 1 atom stereocenters. The van der Waals surface area contributed by atoms with Crippen molar-refractivity contribution in [1.29, 1.82) is 10.5 Å². The predicted octanol–water partition coefficient (Wildman–Crippen LogP) is 4.59. The summed E-state index contributed by atoms with van der Waals surface area (Å²) in [4.78, 5) is 8.38. The minimum Gasteiger partial charge on any atom is -0.491 e. The smallest absolute Gasteiger partial charge is 0.148 e. The number of benzene rings is 1. The van der Waals surface area contributed by atoms with Crippen molar-refractivity contribution < 1.29 is 9.84 Å². The SMILES string of the molecule is CC(O)COc1ccc(-c2c(C#N)c(Cl)nc(SCc3cccnc3)c2C#N)cc1. The number of aliphatic hydroxyl groups is 1. The highest BCUT2D eigenvalue weighted by molar-refractivity contribution is 7.98. The Balaban J connectivity index is 1.99. The summed E-state index contributed by atoms with van der Waals surface area (Å²) in [5, 5.41) is 29.3. The first-order chi connectivity index (χ1) is 14.5. The van der Waals surface area contributed by atoms with Crippen LogP contribution in [-0.2, 0) is 5.75 Å². The molecule has 0 spiro atoms. The fraction of sp³-hybridized carbons (Fsp3) is 0.182. The molecule has 2 aromatic heterocycles. The minimum atomic E-state index is -0.585. The zero-order valence-electron chi connectivity index (χ0n) is 16.0. The Hall–Kier alpha value is -3.10. The molecule has 0 fully saturated rings. The number of rotatable bonds is 7. The van der Waals surface area contributed by atoms with E-state index in [1.165, 1.54) is 11.8 Å². The molecule has 0 bridgehead atoms. The van der Waals surface area contributed by atoms with Crippen molar-refractivity contribution >= 4 is 23.4 Å². The van der Waals surface area contributed by atoms with E-state index in [1.807, 2.05) is 12.1 Å². The van der Waals surface area contributed by atoms with Gasteiger partial charge in [0.25, 0.3) is 0 Å². The molecule has 0 aliphatic carbocycles. The zero-order chi connectivity index (χ0) is 21.5. The third-order valence-corrected chi connectivity index (χ3v) is 5.40. The lowest BCUT2D eigenvalue weighted by molar-refractivity contribution is 0.123. The summed E-state index contributed by atoms with van der Waals surface area (Å²) in [7, 11) is 0. The van der Waals surface area contributed by atoms with Gasteiger partial charge >= 0.3 is 0 Å². The Morgan fingerprint density at radius 1 is 1.17 bits per heavy atom. The van der Waals surface area contributed by atoms with E-state index in [9.17, 15) is 15.6 Å². The second-order valence-electron chi connectivity index (χ2n) is 6.39. The summed E-state index contributed by atoms with van der Waals surface area (Å²) in [5.74, 6) is 1.13. The van der Waals surface area contributed by atoms with Crippen LogP contribution >= 0.6 is 23.4 Å². The standard InChI is InChI=1S/C22H17ClN4O2S/c1-14(28)12-29-17-6-4-16(5-7-17)20-18(9-24)21(23)27-22(19(20)10-25)30-13-15-3-2-8-26-11-15/h2-8,11,14,28H,12-13H2,1H3. The van der Waals surface area contributed by atoms with E-state index in [2.05, 4.69) is 22.1 Å². The molecule has 3 rings (SSSR count). The number of aromatic nitrogens is 2. The van der Waals surface area contributed by atoms with Crippen LogP contribution in [0.2, 0.25) is 5.15 Å². The molecule has 3 aromatic rings. The maximum Gasteiger partial charge on any atom is 0.148 e. The van der Waals surface area contributed by atoms with Gasteiger partial charge in [-0.25, -0.2) is 4.98 Å². The summed E-state index contributed by atoms with van der Waals surface area (Å²) in [6, 6.07) is 15.0. The van der Waals surface area contributed by atoms with E-state index in [-0.39, 0.29) is 17.3 Å². The number of aliphatic hydroxyl groups excluding tert-OH is 1. The van der Waals surface area contributed by atoms with Crippen LogP contribution in [0.5, 0.6) is 5.75 Å². The average Bonchev–Trinajstić information content (AvgIpc) is 2.76. The van der Waals surface area contributed by atoms with Crippen LogP contribution in [0.4, 0.5) is 0 Å². The topological polar surface area (TPSA) is 103 Å². The number of halogens is 1. The monoisotopic (exact) mass is 436 g/mol. The Labute approximate surface area is 183 Å². The van der Waals surface area contributed by atoms with E-state index in [0.29, 0.717) is 33.2 Å². The van der Waals surface area contributed by atoms with Crippen LogP contribution in [-0.4, -0.2) is 27.8 Å². The number of nitriles is 2. The van der Waals surface area contributed by atoms with Crippen molar-refractivity contribution in [3.63, 3.8) is 0 Å². The maximum atomic E-state index is 9.85. The number of hydrogen-bond donors (Lipinski definition) is 1. The number of hydrogen-bond acceptors (Lipinski definition) is 7. The number of nitrogens with zero attached hydrogens (tertiary/aromatic N) is 4. The Kier molecular flexibility index (Phi) is 7.26. The van der Waals surface area contributed by atoms with Gasteiger partial charge in [0.1, 0.15) is 34.7 Å². The van der Waals surface area contributed by atoms with E-state index in [0.717, 1.165) is 5.56 Å². The quantitative estimate of drug-likeness (QED) is 0.426. The number of thioether (sulfide) groups is 1. The summed E-state index contributed by atoms with van der Waals surface area (Å²) >= 11 is 7.65. The van der Waals surface area contributed by atoms with E-state index >= 15 is 0 Å². The Morgan fingerprint density at radius 3 is 2.50 bits per heavy atom. The van der Waals surface area contributed by atoms with E-state index < -0.39 is 6.10 Å². The van der Waals surface area contributed by atoms with E-state index in [4.69, 9.17) is 16.3 Å². The van der Waals surface area contributed by atoms with Crippen LogP contribution < -0.4 is 4.74 Å². The van der Waals surface area contributed by atoms with Gasteiger partial charge in [0.05, 0.1) is 17.2 Å². The molecule has 1 N–H and O–H groups in total. The van der Waals surface area contributed by atoms with Gasteiger partial charge in [0, 0.05) is 23.7 Å². The largest absolute Gasteiger partial charge is 0.491 e. The predicted molar refractivity (Wildman–Crippen MR) is 115 cm³/mol. The zero-order valence-corrected chi connectivity index (χ0v) is 17.6. The van der Waals surface area contributed by atoms with Crippen molar-refractivity contribution in [3.8, 4) is 29.0 Å². The normalized spacial score (nSPS) is 11.4. The van der Waals surface area contributed by atoms with E-state index in [1.54, 1.807) is 43.6 Å². The first kappa shape index (κ1) is 21.6. The van der Waals surface area contributed by atoms with Crippen LogP contribution in [0, 0.1) is 22.7 Å². The Morgan fingerprint density at radius 2 is 1.90 bits per heavy atom. The molecule has 0 radical (unpaired) electrons. The van der Waals surface area contributed by atoms with Crippen molar-refractivity contribution in [1.82, 2.24) is 9.97 Å². The lowest BCUT2D eigenvalue weighted by Crippen LogP contribution is -2.12.